The maximum Gasteiger partial charge on any atom is 0.192 e. The Bertz CT molecular complexity index is 375. The molecule has 0 aromatic carbocycles. The average Bonchev–Trinajstić information content (AvgIpc) is 2.53. The van der Waals surface area contributed by atoms with Crippen molar-refractivity contribution >= 4 is 8.32 Å². The van der Waals surface area contributed by atoms with Crippen molar-refractivity contribution in [1.82, 2.24) is 0 Å². The first-order valence-electron chi connectivity index (χ1n) is 9.66. The van der Waals surface area contributed by atoms with Crippen molar-refractivity contribution in [3.05, 3.63) is 12.2 Å². The molecule has 0 aliphatic heterocycles. The van der Waals surface area contributed by atoms with Gasteiger partial charge < -0.3 is 14.6 Å². The van der Waals surface area contributed by atoms with E-state index in [0.717, 1.165) is 12.8 Å². The number of aliphatic hydroxyl groups is 2. The second kappa shape index (κ2) is 9.51. The van der Waals surface area contributed by atoms with Gasteiger partial charge in [0.1, 0.15) is 0 Å². The van der Waals surface area contributed by atoms with E-state index in [-0.39, 0.29) is 23.7 Å². The van der Waals surface area contributed by atoms with E-state index in [1.807, 2.05) is 0 Å². The molecule has 0 heterocycles. The molecule has 1 saturated carbocycles. The van der Waals surface area contributed by atoms with E-state index in [0.29, 0.717) is 12.5 Å². The highest BCUT2D eigenvalue weighted by Gasteiger charge is 2.36. The van der Waals surface area contributed by atoms with Crippen LogP contribution >= 0.6 is 0 Å². The molecule has 0 amide bonds. The zero-order valence-corrected chi connectivity index (χ0v) is 17.6. The molecule has 3 nitrogen and oxygen atoms in total. The van der Waals surface area contributed by atoms with Crippen LogP contribution in [-0.2, 0) is 4.43 Å². The summed E-state index contributed by atoms with van der Waals surface area (Å²) in [6.45, 7) is 12.0. The Morgan fingerprint density at radius 3 is 2.08 bits per heavy atom. The number of allylic oxidation sites excluding steroid dienone is 1. The van der Waals surface area contributed by atoms with E-state index in [2.05, 4.69) is 46.0 Å². The van der Waals surface area contributed by atoms with Crippen molar-refractivity contribution in [1.29, 1.82) is 0 Å². The standard InChI is InChI=1S/C20H40O3Si/c1-19(2,3)24(4,5)23-14-10-9-13-20(16-21,17-22)15-18-11-7-6-8-12-18/h9-10,18,21-22H,6-8,11-17H2,1-5H3/b10-9+. The Labute approximate surface area is 150 Å². The van der Waals surface area contributed by atoms with Gasteiger partial charge in [-0.3, -0.25) is 0 Å². The summed E-state index contributed by atoms with van der Waals surface area (Å²) in [6.07, 6.45) is 12.3. The Morgan fingerprint density at radius 2 is 1.58 bits per heavy atom. The van der Waals surface area contributed by atoms with Gasteiger partial charge in [0.25, 0.3) is 0 Å². The molecular formula is C20H40O3Si. The van der Waals surface area contributed by atoms with E-state index >= 15 is 0 Å². The summed E-state index contributed by atoms with van der Waals surface area (Å²) < 4.78 is 6.15. The van der Waals surface area contributed by atoms with Crippen molar-refractivity contribution in [2.75, 3.05) is 19.8 Å². The molecule has 2 N–H and O–H groups in total. The summed E-state index contributed by atoms with van der Waals surface area (Å²) >= 11 is 0. The van der Waals surface area contributed by atoms with Crippen molar-refractivity contribution in [2.24, 2.45) is 11.3 Å². The number of rotatable bonds is 9. The minimum Gasteiger partial charge on any atom is -0.413 e. The van der Waals surface area contributed by atoms with Gasteiger partial charge in [0.15, 0.2) is 8.32 Å². The minimum absolute atomic E-state index is 0.0629. The van der Waals surface area contributed by atoms with Gasteiger partial charge in [-0.15, -0.1) is 0 Å². The van der Waals surface area contributed by atoms with Crippen LogP contribution in [0.3, 0.4) is 0 Å². The number of hydrogen-bond acceptors (Lipinski definition) is 3. The summed E-state index contributed by atoms with van der Waals surface area (Å²) in [6, 6.07) is 0. The van der Waals surface area contributed by atoms with Gasteiger partial charge in [-0.2, -0.15) is 0 Å². The van der Waals surface area contributed by atoms with E-state index in [4.69, 9.17) is 4.43 Å². The Balaban J connectivity index is 2.50. The molecule has 4 heteroatoms. The first kappa shape index (κ1) is 21.9. The molecule has 0 radical (unpaired) electrons. The molecule has 24 heavy (non-hydrogen) atoms. The lowest BCUT2D eigenvalue weighted by molar-refractivity contribution is 0.0299. The lowest BCUT2D eigenvalue weighted by Gasteiger charge is -2.36. The minimum atomic E-state index is -1.70. The molecule has 1 aliphatic carbocycles. The zero-order chi connectivity index (χ0) is 18.3. The second-order valence-corrected chi connectivity index (χ2v) is 14.1. The van der Waals surface area contributed by atoms with E-state index < -0.39 is 8.32 Å². The van der Waals surface area contributed by atoms with Gasteiger partial charge in [0.2, 0.25) is 0 Å². The highest BCUT2D eigenvalue weighted by atomic mass is 28.4. The third-order valence-corrected chi connectivity index (χ3v) is 10.7. The molecule has 1 aliphatic rings. The molecule has 142 valence electrons. The third kappa shape index (κ3) is 6.62. The second-order valence-electron chi connectivity index (χ2n) is 9.27. The van der Waals surface area contributed by atoms with Crippen LogP contribution in [0.2, 0.25) is 18.1 Å². The van der Waals surface area contributed by atoms with Crippen LogP contribution in [0.4, 0.5) is 0 Å². The Kier molecular flexibility index (Phi) is 8.67. The summed E-state index contributed by atoms with van der Waals surface area (Å²) in [5.74, 6) is 0.662. The van der Waals surface area contributed by atoms with Gasteiger partial charge >= 0.3 is 0 Å². The largest absolute Gasteiger partial charge is 0.413 e. The van der Waals surface area contributed by atoms with Crippen molar-refractivity contribution < 1.29 is 14.6 Å². The number of aliphatic hydroxyl groups excluding tert-OH is 2. The summed E-state index contributed by atoms with van der Waals surface area (Å²) in [5.41, 5.74) is -0.366. The van der Waals surface area contributed by atoms with Crippen LogP contribution in [0, 0.1) is 11.3 Å². The molecule has 1 fully saturated rings. The predicted molar refractivity (Wildman–Crippen MR) is 105 cm³/mol. The first-order chi connectivity index (χ1) is 11.2. The molecule has 1 rings (SSSR count). The van der Waals surface area contributed by atoms with Gasteiger partial charge in [-0.1, -0.05) is 65.0 Å². The van der Waals surface area contributed by atoms with Crippen LogP contribution < -0.4 is 0 Å². The fraction of sp³-hybridized carbons (Fsp3) is 0.900. The Morgan fingerprint density at radius 1 is 1.00 bits per heavy atom. The molecule has 0 atom stereocenters. The zero-order valence-electron chi connectivity index (χ0n) is 16.6. The highest BCUT2D eigenvalue weighted by molar-refractivity contribution is 6.74. The fourth-order valence-electron chi connectivity index (χ4n) is 3.27. The molecule has 0 aromatic heterocycles. The van der Waals surface area contributed by atoms with Crippen LogP contribution in [0.25, 0.3) is 0 Å². The maximum absolute atomic E-state index is 9.88. The normalized spacial score (nSPS) is 18.5. The average molecular weight is 357 g/mol. The predicted octanol–water partition coefficient (Wildman–Crippen LogP) is 4.90. The molecule has 0 bridgehead atoms. The maximum atomic E-state index is 9.88. The lowest BCUT2D eigenvalue weighted by atomic mass is 9.73. The highest BCUT2D eigenvalue weighted by Crippen LogP contribution is 2.38. The van der Waals surface area contributed by atoms with Gasteiger partial charge in [0.05, 0.1) is 19.8 Å². The van der Waals surface area contributed by atoms with E-state index in [9.17, 15) is 10.2 Å². The smallest absolute Gasteiger partial charge is 0.192 e. The van der Waals surface area contributed by atoms with Crippen LogP contribution in [0.1, 0.15) is 65.7 Å². The molecule has 0 unspecified atom stereocenters. The third-order valence-electron chi connectivity index (χ3n) is 6.18. The molecule has 0 spiro atoms. The molecular weight excluding hydrogens is 316 g/mol. The first-order valence-corrected chi connectivity index (χ1v) is 12.6. The fourth-order valence-corrected chi connectivity index (χ4v) is 4.22. The van der Waals surface area contributed by atoms with Gasteiger partial charge in [-0.05, 0) is 36.9 Å². The topological polar surface area (TPSA) is 49.7 Å². The SMILES string of the molecule is CC(C)(C)[Si](C)(C)OC/C=C/CC(CO)(CO)CC1CCCCC1. The lowest BCUT2D eigenvalue weighted by Crippen LogP contribution is -2.40. The van der Waals surface area contributed by atoms with E-state index in [1.165, 1.54) is 32.1 Å². The van der Waals surface area contributed by atoms with Crippen LogP contribution in [0.15, 0.2) is 12.2 Å². The Hall–Kier alpha value is -0.163. The van der Waals surface area contributed by atoms with Crippen LogP contribution in [-0.4, -0.2) is 38.4 Å². The molecule has 0 aromatic rings. The summed E-state index contributed by atoms with van der Waals surface area (Å²) in [4.78, 5) is 0. The number of hydrogen-bond donors (Lipinski definition) is 2. The van der Waals surface area contributed by atoms with Crippen molar-refractivity contribution in [2.45, 2.75) is 83.8 Å². The van der Waals surface area contributed by atoms with E-state index in [1.54, 1.807) is 0 Å². The van der Waals surface area contributed by atoms with Crippen molar-refractivity contribution in [3.8, 4) is 0 Å². The van der Waals surface area contributed by atoms with Crippen molar-refractivity contribution in [3.63, 3.8) is 0 Å². The molecule has 0 saturated heterocycles. The monoisotopic (exact) mass is 356 g/mol. The van der Waals surface area contributed by atoms with Gasteiger partial charge in [-0.25, -0.2) is 0 Å². The summed E-state index contributed by atoms with van der Waals surface area (Å²) in [5, 5.41) is 20.0. The quantitative estimate of drug-likeness (QED) is 0.456. The van der Waals surface area contributed by atoms with Gasteiger partial charge in [0, 0.05) is 5.41 Å². The summed E-state index contributed by atoms with van der Waals surface area (Å²) in [7, 11) is -1.70. The van der Waals surface area contributed by atoms with Crippen LogP contribution in [0.5, 0.6) is 0 Å².